The Morgan fingerprint density at radius 1 is 1.09 bits per heavy atom. The maximum atomic E-state index is 12.9. The number of aliphatic hydroxyl groups is 1. The quantitative estimate of drug-likeness (QED) is 0.337. The first-order valence-corrected chi connectivity index (χ1v) is 12.5. The van der Waals surface area contributed by atoms with Gasteiger partial charge in [0.05, 0.1) is 29.9 Å². The lowest BCUT2D eigenvalue weighted by atomic mass is 10.1. The lowest BCUT2D eigenvalue weighted by Gasteiger charge is -2.27. The summed E-state index contributed by atoms with van der Waals surface area (Å²) in [5, 5.41) is 13.3. The molecule has 1 amide bonds. The molecule has 0 saturated carbocycles. The van der Waals surface area contributed by atoms with Crippen LogP contribution in [0.5, 0.6) is 0 Å². The highest BCUT2D eigenvalue weighted by molar-refractivity contribution is 7.99. The van der Waals surface area contributed by atoms with Gasteiger partial charge in [0.15, 0.2) is 5.16 Å². The molecule has 0 atom stereocenters. The Labute approximate surface area is 202 Å². The molecular weight excluding hydrogens is 452 g/mol. The Hall–Kier alpha value is -2.72. The van der Waals surface area contributed by atoms with E-state index >= 15 is 0 Å². The minimum atomic E-state index is -0.154. The molecule has 2 N–H and O–H groups in total. The molecule has 1 aromatic heterocycles. The zero-order valence-electron chi connectivity index (χ0n) is 19.1. The molecule has 1 fully saturated rings. The Bertz CT molecular complexity index is 1180. The summed E-state index contributed by atoms with van der Waals surface area (Å²) >= 11 is 1.24. The van der Waals surface area contributed by atoms with E-state index in [0.29, 0.717) is 35.6 Å². The van der Waals surface area contributed by atoms with Gasteiger partial charge in [-0.2, -0.15) is 0 Å². The molecule has 4 rings (SSSR count). The van der Waals surface area contributed by atoms with Gasteiger partial charge in [-0.25, -0.2) is 4.98 Å². The molecule has 2 aromatic carbocycles. The van der Waals surface area contributed by atoms with Crippen LogP contribution in [0.4, 0.5) is 0 Å². The molecular formula is C25H30N4O4S. The van der Waals surface area contributed by atoms with Gasteiger partial charge in [0.1, 0.15) is 0 Å². The second-order valence-electron chi connectivity index (χ2n) is 8.17. The molecule has 0 bridgehead atoms. The third-order valence-corrected chi connectivity index (χ3v) is 6.77. The van der Waals surface area contributed by atoms with Crippen molar-refractivity contribution in [2.24, 2.45) is 0 Å². The lowest BCUT2D eigenvalue weighted by molar-refractivity contribution is -0.118. The first kappa shape index (κ1) is 24.4. The smallest absolute Gasteiger partial charge is 0.262 e. The van der Waals surface area contributed by atoms with Gasteiger partial charge >= 0.3 is 0 Å². The first-order valence-electron chi connectivity index (χ1n) is 11.5. The van der Waals surface area contributed by atoms with Crippen LogP contribution in [0.15, 0.2) is 58.5 Å². The number of carbonyl (C=O) groups is 1. The highest BCUT2D eigenvalue weighted by Crippen LogP contribution is 2.18. The van der Waals surface area contributed by atoms with Crippen molar-refractivity contribution in [3.05, 3.63) is 70.0 Å². The summed E-state index contributed by atoms with van der Waals surface area (Å²) in [6.07, 6.45) is 0.444. The predicted molar refractivity (Wildman–Crippen MR) is 133 cm³/mol. The molecule has 2 heterocycles. The number of aliphatic hydroxyl groups excluding tert-OH is 1. The fraction of sp³-hybridized carbons (Fsp3) is 0.400. The Kier molecular flexibility index (Phi) is 8.70. The SMILES string of the molecule is O=C(CSc1nc2ccccc2c(=O)n1CCCO)NCc1ccccc1CN1CCOCC1. The Morgan fingerprint density at radius 3 is 2.62 bits per heavy atom. The van der Waals surface area contributed by atoms with Crippen molar-refractivity contribution in [1.29, 1.82) is 0 Å². The van der Waals surface area contributed by atoms with Crippen LogP contribution in [0, 0.1) is 0 Å². The molecule has 1 aliphatic heterocycles. The molecule has 1 aliphatic rings. The van der Waals surface area contributed by atoms with E-state index in [2.05, 4.69) is 21.3 Å². The van der Waals surface area contributed by atoms with Gasteiger partial charge in [0.2, 0.25) is 5.91 Å². The van der Waals surface area contributed by atoms with Gasteiger partial charge in [-0.3, -0.25) is 19.1 Å². The van der Waals surface area contributed by atoms with E-state index in [0.717, 1.165) is 38.4 Å². The topological polar surface area (TPSA) is 96.7 Å². The standard InChI is InChI=1S/C25H30N4O4S/c30-13-5-10-29-24(32)21-8-3-4-9-22(21)27-25(29)34-18-23(31)26-16-19-6-1-2-7-20(19)17-28-11-14-33-15-12-28/h1-4,6-9,30H,5,10-18H2,(H,26,31). The van der Waals surface area contributed by atoms with Crippen LogP contribution in [0.3, 0.4) is 0 Å². The lowest BCUT2D eigenvalue weighted by Crippen LogP contribution is -2.36. The number of thioether (sulfide) groups is 1. The number of rotatable bonds is 10. The van der Waals surface area contributed by atoms with Crippen molar-refractivity contribution in [2.45, 2.75) is 31.2 Å². The highest BCUT2D eigenvalue weighted by Gasteiger charge is 2.15. The second-order valence-corrected chi connectivity index (χ2v) is 9.11. The van der Waals surface area contributed by atoms with Crippen LogP contribution in [0.1, 0.15) is 17.5 Å². The monoisotopic (exact) mass is 482 g/mol. The molecule has 3 aromatic rings. The summed E-state index contributed by atoms with van der Waals surface area (Å²) in [6, 6.07) is 15.3. The molecule has 0 aliphatic carbocycles. The summed E-state index contributed by atoms with van der Waals surface area (Å²) in [6.45, 7) is 4.94. The molecule has 1 saturated heterocycles. The Balaban J connectivity index is 1.39. The number of para-hydroxylation sites is 1. The molecule has 0 spiro atoms. The number of aromatic nitrogens is 2. The number of ether oxygens (including phenoxy) is 1. The van der Waals surface area contributed by atoms with Crippen molar-refractivity contribution in [2.75, 3.05) is 38.7 Å². The van der Waals surface area contributed by atoms with E-state index < -0.39 is 0 Å². The molecule has 34 heavy (non-hydrogen) atoms. The molecule has 0 radical (unpaired) electrons. The van der Waals surface area contributed by atoms with Crippen LogP contribution in [0.25, 0.3) is 10.9 Å². The summed E-state index contributed by atoms with van der Waals surface area (Å²) in [4.78, 5) is 32.5. The highest BCUT2D eigenvalue weighted by atomic mass is 32.2. The summed E-state index contributed by atoms with van der Waals surface area (Å²) < 4.78 is 6.98. The van der Waals surface area contributed by atoms with Crippen LogP contribution >= 0.6 is 11.8 Å². The minimum absolute atomic E-state index is 0.0201. The third-order valence-electron chi connectivity index (χ3n) is 5.79. The number of benzene rings is 2. The van der Waals surface area contributed by atoms with Crippen LogP contribution < -0.4 is 10.9 Å². The fourth-order valence-electron chi connectivity index (χ4n) is 3.94. The third kappa shape index (κ3) is 6.24. The zero-order chi connectivity index (χ0) is 23.8. The number of nitrogens with zero attached hydrogens (tertiary/aromatic N) is 3. The van der Waals surface area contributed by atoms with Crippen molar-refractivity contribution in [1.82, 2.24) is 19.8 Å². The zero-order valence-corrected chi connectivity index (χ0v) is 19.9. The van der Waals surface area contributed by atoms with Gasteiger partial charge in [-0.05, 0) is 29.7 Å². The maximum Gasteiger partial charge on any atom is 0.262 e. The summed E-state index contributed by atoms with van der Waals surface area (Å²) in [7, 11) is 0. The normalized spacial score (nSPS) is 14.4. The fourth-order valence-corrected chi connectivity index (χ4v) is 4.80. The number of nitrogens with one attached hydrogen (secondary N) is 1. The molecule has 0 unspecified atom stereocenters. The van der Waals surface area contributed by atoms with Crippen LogP contribution in [-0.2, 0) is 29.2 Å². The van der Waals surface area contributed by atoms with E-state index in [1.165, 1.54) is 17.3 Å². The van der Waals surface area contributed by atoms with E-state index in [1.54, 1.807) is 22.8 Å². The maximum absolute atomic E-state index is 12.9. The molecule has 8 nitrogen and oxygen atoms in total. The van der Waals surface area contributed by atoms with Gasteiger partial charge < -0.3 is 15.2 Å². The van der Waals surface area contributed by atoms with Gasteiger partial charge in [-0.1, -0.05) is 48.2 Å². The number of hydrogen-bond donors (Lipinski definition) is 2. The first-order chi connectivity index (χ1) is 16.7. The number of fused-ring (bicyclic) bond motifs is 1. The minimum Gasteiger partial charge on any atom is -0.396 e. The van der Waals surface area contributed by atoms with Crippen molar-refractivity contribution in [3.8, 4) is 0 Å². The molecule has 9 heteroatoms. The van der Waals surface area contributed by atoms with Crippen molar-refractivity contribution >= 4 is 28.6 Å². The van der Waals surface area contributed by atoms with E-state index in [4.69, 9.17) is 4.74 Å². The predicted octanol–water partition coefficient (Wildman–Crippen LogP) is 2.02. The van der Waals surface area contributed by atoms with Crippen LogP contribution in [0.2, 0.25) is 0 Å². The summed E-state index contributed by atoms with van der Waals surface area (Å²) in [5.74, 6) is 0.0255. The number of hydrogen-bond acceptors (Lipinski definition) is 7. The number of morpholine rings is 1. The Morgan fingerprint density at radius 2 is 1.82 bits per heavy atom. The second kappa shape index (κ2) is 12.1. The molecule has 180 valence electrons. The summed E-state index contributed by atoms with van der Waals surface area (Å²) in [5.41, 5.74) is 2.74. The van der Waals surface area contributed by atoms with Crippen molar-refractivity contribution < 1.29 is 14.6 Å². The van der Waals surface area contributed by atoms with Gasteiger partial charge in [0.25, 0.3) is 5.56 Å². The van der Waals surface area contributed by atoms with Gasteiger partial charge in [0, 0.05) is 39.3 Å². The van der Waals surface area contributed by atoms with Gasteiger partial charge in [-0.15, -0.1) is 0 Å². The average molecular weight is 483 g/mol. The average Bonchev–Trinajstić information content (AvgIpc) is 2.87. The number of carbonyl (C=O) groups excluding carboxylic acids is 1. The number of amides is 1. The van der Waals surface area contributed by atoms with E-state index in [9.17, 15) is 14.7 Å². The van der Waals surface area contributed by atoms with E-state index in [1.807, 2.05) is 24.3 Å². The van der Waals surface area contributed by atoms with Crippen LogP contribution in [-0.4, -0.2) is 64.1 Å². The van der Waals surface area contributed by atoms with Crippen molar-refractivity contribution in [3.63, 3.8) is 0 Å². The largest absolute Gasteiger partial charge is 0.396 e. The van der Waals surface area contributed by atoms with E-state index in [-0.39, 0.29) is 23.8 Å².